The molecule has 0 radical (unpaired) electrons. The molecule has 0 aromatic heterocycles. The van der Waals surface area contributed by atoms with Crippen LogP contribution in [0.5, 0.6) is 0 Å². The molecule has 31 heavy (non-hydrogen) atoms. The maximum absolute atomic E-state index is 13.3. The van der Waals surface area contributed by atoms with Gasteiger partial charge in [-0.05, 0) is 25.0 Å². The summed E-state index contributed by atoms with van der Waals surface area (Å²) in [4.78, 5) is 28.6. The minimum absolute atomic E-state index is 0.110. The van der Waals surface area contributed by atoms with Crippen LogP contribution in [0.2, 0.25) is 0 Å². The molecule has 0 saturated heterocycles. The third-order valence-electron chi connectivity index (χ3n) is 5.33. The highest BCUT2D eigenvalue weighted by Crippen LogP contribution is 2.49. The Balaban J connectivity index is 2.64. The summed E-state index contributed by atoms with van der Waals surface area (Å²) in [5.74, 6) is -2.15. The van der Waals surface area contributed by atoms with Crippen molar-refractivity contribution in [3.8, 4) is 0 Å². The Morgan fingerprint density at radius 2 is 1.23 bits per heavy atom. The number of carboxylic acids is 1. The van der Waals surface area contributed by atoms with Gasteiger partial charge in [0, 0.05) is 12.3 Å². The van der Waals surface area contributed by atoms with Crippen LogP contribution in [-0.2, 0) is 14.1 Å². The van der Waals surface area contributed by atoms with E-state index in [1.54, 1.807) is 6.07 Å². The summed E-state index contributed by atoms with van der Waals surface area (Å²) in [6, 6.07) is 5.77. The van der Waals surface area contributed by atoms with Gasteiger partial charge >= 0.3 is 11.9 Å². The zero-order valence-electron chi connectivity index (χ0n) is 19.1. The van der Waals surface area contributed by atoms with Gasteiger partial charge < -0.3 is 5.11 Å². The molecule has 0 aliphatic rings. The quantitative estimate of drug-likeness (QED) is 0.107. The zero-order valence-corrected chi connectivity index (χ0v) is 20.0. The van der Waals surface area contributed by atoms with Gasteiger partial charge in [-0.2, -0.15) is 0 Å². The van der Waals surface area contributed by atoms with E-state index in [2.05, 4.69) is 13.8 Å². The van der Waals surface area contributed by atoms with Gasteiger partial charge in [0.15, 0.2) is 0 Å². The lowest BCUT2D eigenvalue weighted by molar-refractivity contribution is -0.148. The number of hydrogen-bond acceptors (Lipinski definition) is 5. The van der Waals surface area contributed by atoms with Gasteiger partial charge in [0.1, 0.15) is 0 Å². The summed E-state index contributed by atoms with van der Waals surface area (Å²) < 4.78 is 18.6. The first-order chi connectivity index (χ1) is 14.9. The molecule has 0 saturated carbocycles. The molecule has 0 amide bonds. The summed E-state index contributed by atoms with van der Waals surface area (Å²) in [5, 5.41) is 9.25. The lowest BCUT2D eigenvalue weighted by Gasteiger charge is -2.17. The first kappa shape index (κ1) is 27.4. The van der Waals surface area contributed by atoms with Crippen LogP contribution in [0.25, 0.3) is 0 Å². The molecule has 0 spiro atoms. The van der Waals surface area contributed by atoms with Gasteiger partial charge in [0.05, 0.1) is 11.1 Å². The van der Waals surface area contributed by atoms with Crippen LogP contribution in [0.15, 0.2) is 24.3 Å². The standard InChI is InChI=1S/C24H39O6P/c1-3-5-7-9-11-15-19-31(28,20-16-12-10-8-6-4-2)30-29-24(27)22-18-14-13-17-21(22)23(25)26/h13-14,17-18H,3-12,15-16,19-20H2,1-2H3,(H,25,26). The fourth-order valence-electron chi connectivity index (χ4n) is 3.45. The largest absolute Gasteiger partial charge is 0.478 e. The van der Waals surface area contributed by atoms with E-state index >= 15 is 0 Å². The molecule has 0 unspecified atom stereocenters. The Labute approximate surface area is 187 Å². The Hall–Kier alpha value is -1.65. The van der Waals surface area contributed by atoms with Gasteiger partial charge in [-0.1, -0.05) is 90.2 Å². The van der Waals surface area contributed by atoms with Gasteiger partial charge in [-0.3, -0.25) is 9.45 Å². The highest BCUT2D eigenvalue weighted by Gasteiger charge is 2.27. The zero-order chi connectivity index (χ0) is 23.0. The van der Waals surface area contributed by atoms with Gasteiger partial charge in [0.25, 0.3) is 0 Å². The van der Waals surface area contributed by atoms with Crippen molar-refractivity contribution in [1.82, 2.24) is 0 Å². The van der Waals surface area contributed by atoms with Crippen molar-refractivity contribution in [2.24, 2.45) is 0 Å². The molecular formula is C24H39O6P. The molecule has 6 nitrogen and oxygen atoms in total. The van der Waals surface area contributed by atoms with E-state index in [0.717, 1.165) is 38.5 Å². The maximum atomic E-state index is 13.3. The van der Waals surface area contributed by atoms with E-state index in [0.29, 0.717) is 12.3 Å². The van der Waals surface area contributed by atoms with Crippen molar-refractivity contribution in [3.05, 3.63) is 35.4 Å². The third kappa shape index (κ3) is 11.5. The number of aromatic carboxylic acids is 1. The smallest absolute Gasteiger partial charge is 0.374 e. The lowest BCUT2D eigenvalue weighted by atomic mass is 10.1. The molecule has 1 aromatic carbocycles. The van der Waals surface area contributed by atoms with Crippen molar-refractivity contribution in [1.29, 1.82) is 0 Å². The van der Waals surface area contributed by atoms with Crippen molar-refractivity contribution in [2.75, 3.05) is 12.3 Å². The summed E-state index contributed by atoms with van der Waals surface area (Å²) in [5.41, 5.74) is -0.279. The van der Waals surface area contributed by atoms with E-state index in [-0.39, 0.29) is 11.1 Å². The van der Waals surface area contributed by atoms with Crippen LogP contribution in [0.3, 0.4) is 0 Å². The first-order valence-electron chi connectivity index (χ1n) is 11.7. The summed E-state index contributed by atoms with van der Waals surface area (Å²) >= 11 is 0. The molecular weight excluding hydrogens is 415 g/mol. The number of hydrogen-bond donors (Lipinski definition) is 1. The second-order valence-electron chi connectivity index (χ2n) is 8.09. The van der Waals surface area contributed by atoms with Crippen LogP contribution in [-0.4, -0.2) is 29.4 Å². The summed E-state index contributed by atoms with van der Waals surface area (Å²) in [6.45, 7) is 4.33. The van der Waals surface area contributed by atoms with E-state index in [1.807, 2.05) is 0 Å². The monoisotopic (exact) mass is 454 g/mol. The molecule has 1 N–H and O–H groups in total. The van der Waals surface area contributed by atoms with E-state index in [4.69, 9.17) is 9.56 Å². The Morgan fingerprint density at radius 3 is 1.71 bits per heavy atom. The molecule has 1 aromatic rings. The minimum atomic E-state index is -3.13. The molecule has 7 heteroatoms. The Bertz CT molecular complexity index is 683. The van der Waals surface area contributed by atoms with Crippen molar-refractivity contribution in [3.63, 3.8) is 0 Å². The van der Waals surface area contributed by atoms with Crippen molar-refractivity contribution in [2.45, 2.75) is 90.9 Å². The van der Waals surface area contributed by atoms with Crippen LogP contribution >= 0.6 is 7.37 Å². The van der Waals surface area contributed by atoms with Crippen molar-refractivity contribution < 1.29 is 28.8 Å². The molecule has 0 atom stereocenters. The van der Waals surface area contributed by atoms with Crippen LogP contribution in [0.1, 0.15) is 112 Å². The SMILES string of the molecule is CCCCCCCCP(=O)(CCCCCCCC)OOC(=O)c1ccccc1C(=O)O. The van der Waals surface area contributed by atoms with Crippen molar-refractivity contribution >= 4 is 19.3 Å². The Morgan fingerprint density at radius 1 is 0.774 bits per heavy atom. The maximum Gasteiger partial charge on any atom is 0.374 e. The molecule has 0 heterocycles. The van der Waals surface area contributed by atoms with Gasteiger partial charge in [-0.25, -0.2) is 9.59 Å². The Kier molecular flexibility index (Phi) is 14.2. The average Bonchev–Trinajstić information content (AvgIpc) is 2.77. The van der Waals surface area contributed by atoms with E-state index in [1.165, 1.54) is 56.7 Å². The molecule has 0 bridgehead atoms. The number of carbonyl (C=O) groups excluding carboxylic acids is 1. The number of rotatable bonds is 18. The fourth-order valence-corrected chi connectivity index (χ4v) is 5.43. The average molecular weight is 455 g/mol. The van der Waals surface area contributed by atoms with E-state index < -0.39 is 19.3 Å². The van der Waals surface area contributed by atoms with Crippen LogP contribution < -0.4 is 0 Å². The van der Waals surface area contributed by atoms with Crippen LogP contribution in [0, 0.1) is 0 Å². The third-order valence-corrected chi connectivity index (χ3v) is 7.67. The second-order valence-corrected chi connectivity index (χ2v) is 10.8. The second kappa shape index (κ2) is 16.0. The molecule has 176 valence electrons. The number of carboxylic acid groups (broad SMARTS) is 1. The lowest BCUT2D eigenvalue weighted by Crippen LogP contribution is -2.12. The highest BCUT2D eigenvalue weighted by atomic mass is 31.2. The van der Waals surface area contributed by atoms with Gasteiger partial charge in [-0.15, -0.1) is 4.67 Å². The molecule has 1 rings (SSSR count). The number of unbranched alkanes of at least 4 members (excludes halogenated alkanes) is 10. The molecule has 0 fully saturated rings. The summed E-state index contributed by atoms with van der Waals surface area (Å²) in [6.07, 6.45) is 13.5. The molecule has 0 aliphatic carbocycles. The normalized spacial score (nSPS) is 11.4. The number of benzene rings is 1. The van der Waals surface area contributed by atoms with Gasteiger partial charge in [0.2, 0.25) is 7.37 Å². The topological polar surface area (TPSA) is 89.9 Å². The predicted molar refractivity (Wildman–Crippen MR) is 124 cm³/mol. The number of carbonyl (C=O) groups is 2. The van der Waals surface area contributed by atoms with E-state index in [9.17, 15) is 19.3 Å². The minimum Gasteiger partial charge on any atom is -0.478 e. The highest BCUT2D eigenvalue weighted by molar-refractivity contribution is 7.58. The molecule has 0 aliphatic heterocycles. The first-order valence-corrected chi connectivity index (χ1v) is 13.7. The van der Waals surface area contributed by atoms with Crippen LogP contribution in [0.4, 0.5) is 0 Å². The summed E-state index contributed by atoms with van der Waals surface area (Å²) in [7, 11) is -3.13. The fraction of sp³-hybridized carbons (Fsp3) is 0.667. The predicted octanol–water partition coefficient (Wildman–Crippen LogP) is 7.47.